The molecule has 0 aromatic heterocycles. The first-order valence-electron chi connectivity index (χ1n) is 7.41. The van der Waals surface area contributed by atoms with E-state index in [1.165, 1.54) is 0 Å². The van der Waals surface area contributed by atoms with E-state index in [4.69, 9.17) is 21.1 Å². The van der Waals surface area contributed by atoms with Gasteiger partial charge in [-0.15, -0.1) is 0 Å². The van der Waals surface area contributed by atoms with Gasteiger partial charge in [-0.3, -0.25) is 0 Å². The van der Waals surface area contributed by atoms with Crippen LogP contribution >= 0.6 is 11.6 Å². The molecule has 0 radical (unpaired) electrons. The van der Waals surface area contributed by atoms with Crippen LogP contribution in [0.5, 0.6) is 11.5 Å². The van der Waals surface area contributed by atoms with Crippen LogP contribution in [0.1, 0.15) is 26.3 Å². The molecule has 1 rings (SSSR count). The maximum absolute atomic E-state index is 6.22. The third-order valence-electron chi connectivity index (χ3n) is 3.57. The van der Waals surface area contributed by atoms with Gasteiger partial charge in [0.25, 0.3) is 0 Å². The number of nitrogens with zero attached hydrogens (tertiary/aromatic N) is 1. The second kappa shape index (κ2) is 9.13. The highest BCUT2D eigenvalue weighted by atomic mass is 35.5. The summed E-state index contributed by atoms with van der Waals surface area (Å²) in [4.78, 5) is 2.40. The monoisotopic (exact) mass is 314 g/mol. The highest BCUT2D eigenvalue weighted by Gasteiger charge is 2.12. The molecule has 0 heterocycles. The highest BCUT2D eigenvalue weighted by Crippen LogP contribution is 2.35. The van der Waals surface area contributed by atoms with E-state index in [0.29, 0.717) is 22.6 Å². The number of nitrogens with one attached hydrogen (secondary N) is 1. The molecular formula is C16H27ClN2O2. The van der Waals surface area contributed by atoms with Crippen molar-refractivity contribution >= 4 is 11.6 Å². The SMILES string of the molecule is CCN(CC)CC(C)NCc1cc(Cl)c(OC)c(OC)c1. The number of ether oxygens (including phenoxy) is 2. The van der Waals surface area contributed by atoms with Gasteiger partial charge in [-0.1, -0.05) is 25.4 Å². The molecule has 1 aromatic rings. The van der Waals surface area contributed by atoms with Crippen LogP contribution in [0.4, 0.5) is 0 Å². The molecule has 0 bridgehead atoms. The van der Waals surface area contributed by atoms with E-state index in [1.54, 1.807) is 14.2 Å². The van der Waals surface area contributed by atoms with E-state index in [-0.39, 0.29) is 0 Å². The molecule has 120 valence electrons. The Morgan fingerprint density at radius 1 is 1.19 bits per heavy atom. The molecule has 0 aliphatic heterocycles. The molecule has 0 amide bonds. The average Bonchev–Trinajstić information content (AvgIpc) is 2.49. The van der Waals surface area contributed by atoms with Crippen LogP contribution in [0, 0.1) is 0 Å². The van der Waals surface area contributed by atoms with Gasteiger partial charge in [-0.25, -0.2) is 0 Å². The molecule has 0 spiro atoms. The van der Waals surface area contributed by atoms with Gasteiger partial charge in [-0.05, 0) is 37.7 Å². The lowest BCUT2D eigenvalue weighted by molar-refractivity contribution is 0.270. The molecule has 1 N–H and O–H groups in total. The molecule has 1 atom stereocenters. The van der Waals surface area contributed by atoms with Crippen LogP contribution in [0.15, 0.2) is 12.1 Å². The number of likely N-dealkylation sites (N-methyl/N-ethyl adjacent to an activating group) is 1. The number of methoxy groups -OCH3 is 2. The van der Waals surface area contributed by atoms with Gasteiger partial charge in [0.1, 0.15) is 0 Å². The fourth-order valence-electron chi connectivity index (χ4n) is 2.30. The molecule has 0 saturated carbocycles. The van der Waals surface area contributed by atoms with Gasteiger partial charge < -0.3 is 19.7 Å². The van der Waals surface area contributed by atoms with Crippen LogP contribution in [-0.2, 0) is 6.54 Å². The van der Waals surface area contributed by atoms with Crippen molar-refractivity contribution in [2.75, 3.05) is 33.9 Å². The maximum Gasteiger partial charge on any atom is 0.179 e. The number of rotatable bonds is 9. The van der Waals surface area contributed by atoms with Crippen LogP contribution in [-0.4, -0.2) is 44.8 Å². The minimum atomic E-state index is 0.414. The molecule has 0 aliphatic rings. The zero-order chi connectivity index (χ0) is 15.8. The summed E-state index contributed by atoms with van der Waals surface area (Å²) in [7, 11) is 3.21. The zero-order valence-corrected chi connectivity index (χ0v) is 14.5. The van der Waals surface area contributed by atoms with Crippen molar-refractivity contribution in [2.45, 2.75) is 33.4 Å². The quantitative estimate of drug-likeness (QED) is 0.759. The van der Waals surface area contributed by atoms with Crippen molar-refractivity contribution in [1.82, 2.24) is 10.2 Å². The number of halogens is 1. The lowest BCUT2D eigenvalue weighted by Crippen LogP contribution is -2.38. The predicted molar refractivity (Wildman–Crippen MR) is 88.6 cm³/mol. The highest BCUT2D eigenvalue weighted by molar-refractivity contribution is 6.32. The summed E-state index contributed by atoms with van der Waals surface area (Å²) in [6, 6.07) is 4.29. The van der Waals surface area contributed by atoms with Crippen LogP contribution in [0.2, 0.25) is 5.02 Å². The Hall–Kier alpha value is -0.970. The van der Waals surface area contributed by atoms with E-state index < -0.39 is 0 Å². The lowest BCUT2D eigenvalue weighted by atomic mass is 10.2. The van der Waals surface area contributed by atoms with Crippen molar-refractivity contribution < 1.29 is 9.47 Å². The van der Waals surface area contributed by atoms with E-state index >= 15 is 0 Å². The summed E-state index contributed by atoms with van der Waals surface area (Å²) >= 11 is 6.22. The second-order valence-electron chi connectivity index (χ2n) is 5.08. The van der Waals surface area contributed by atoms with E-state index in [2.05, 4.69) is 31.0 Å². The molecule has 1 unspecified atom stereocenters. The predicted octanol–water partition coefficient (Wildman–Crippen LogP) is 3.18. The summed E-state index contributed by atoms with van der Waals surface area (Å²) in [5, 5.41) is 4.09. The molecule has 0 fully saturated rings. The molecule has 0 aliphatic carbocycles. The number of benzene rings is 1. The molecule has 4 nitrogen and oxygen atoms in total. The van der Waals surface area contributed by atoms with Crippen LogP contribution in [0.3, 0.4) is 0 Å². The summed E-state index contributed by atoms with van der Waals surface area (Å²) < 4.78 is 10.6. The van der Waals surface area contributed by atoms with Crippen molar-refractivity contribution in [1.29, 1.82) is 0 Å². The summed E-state index contributed by atoms with van der Waals surface area (Å²) in [6.45, 7) is 10.5. The Morgan fingerprint density at radius 3 is 2.38 bits per heavy atom. The van der Waals surface area contributed by atoms with Gasteiger partial charge in [0.05, 0.1) is 19.2 Å². The summed E-state index contributed by atoms with van der Waals surface area (Å²) in [6.07, 6.45) is 0. The fourth-order valence-corrected chi connectivity index (χ4v) is 2.61. The largest absolute Gasteiger partial charge is 0.493 e. The molecule has 21 heavy (non-hydrogen) atoms. The van der Waals surface area contributed by atoms with Gasteiger partial charge in [0.15, 0.2) is 11.5 Å². The first kappa shape index (κ1) is 18.1. The van der Waals surface area contributed by atoms with Gasteiger partial charge in [0, 0.05) is 19.1 Å². The van der Waals surface area contributed by atoms with Crippen LogP contribution in [0.25, 0.3) is 0 Å². The zero-order valence-electron chi connectivity index (χ0n) is 13.7. The van der Waals surface area contributed by atoms with Gasteiger partial charge >= 0.3 is 0 Å². The first-order valence-corrected chi connectivity index (χ1v) is 7.79. The molecule has 1 aromatic carbocycles. The minimum Gasteiger partial charge on any atom is -0.493 e. The van der Waals surface area contributed by atoms with E-state index in [0.717, 1.165) is 31.7 Å². The summed E-state index contributed by atoms with van der Waals surface area (Å²) in [5.41, 5.74) is 1.09. The lowest BCUT2D eigenvalue weighted by Gasteiger charge is -2.23. The van der Waals surface area contributed by atoms with Crippen molar-refractivity contribution in [3.05, 3.63) is 22.7 Å². The molecule has 5 heteroatoms. The Bertz CT molecular complexity index is 437. The standard InChI is InChI=1S/C16H27ClN2O2/c1-6-19(7-2)11-12(3)18-10-13-8-14(17)16(21-5)15(9-13)20-4/h8-9,12,18H,6-7,10-11H2,1-5H3. The average molecular weight is 315 g/mol. The summed E-state index contributed by atoms with van der Waals surface area (Å²) in [5.74, 6) is 1.25. The number of hydrogen-bond donors (Lipinski definition) is 1. The molecule has 0 saturated heterocycles. The topological polar surface area (TPSA) is 33.7 Å². The Balaban J connectivity index is 2.65. The van der Waals surface area contributed by atoms with E-state index in [9.17, 15) is 0 Å². The van der Waals surface area contributed by atoms with Crippen molar-refractivity contribution in [2.24, 2.45) is 0 Å². The van der Waals surface area contributed by atoms with Crippen LogP contribution < -0.4 is 14.8 Å². The van der Waals surface area contributed by atoms with Crippen molar-refractivity contribution in [3.63, 3.8) is 0 Å². The fraction of sp³-hybridized carbons (Fsp3) is 0.625. The first-order chi connectivity index (χ1) is 10.0. The third kappa shape index (κ3) is 5.38. The third-order valence-corrected chi connectivity index (χ3v) is 3.86. The van der Waals surface area contributed by atoms with Gasteiger partial charge in [-0.2, -0.15) is 0 Å². The maximum atomic E-state index is 6.22. The van der Waals surface area contributed by atoms with Gasteiger partial charge in [0.2, 0.25) is 0 Å². The Kier molecular flexibility index (Phi) is 7.86. The van der Waals surface area contributed by atoms with Crippen molar-refractivity contribution in [3.8, 4) is 11.5 Å². The minimum absolute atomic E-state index is 0.414. The Labute approximate surface area is 133 Å². The smallest absolute Gasteiger partial charge is 0.179 e. The Morgan fingerprint density at radius 2 is 1.86 bits per heavy atom. The van der Waals surface area contributed by atoms with E-state index in [1.807, 2.05) is 12.1 Å². The normalized spacial score (nSPS) is 12.5. The molecular weight excluding hydrogens is 288 g/mol. The second-order valence-corrected chi connectivity index (χ2v) is 5.49. The number of hydrogen-bond acceptors (Lipinski definition) is 4.